The van der Waals surface area contributed by atoms with Crippen molar-refractivity contribution in [3.8, 4) is 11.3 Å². The van der Waals surface area contributed by atoms with Gasteiger partial charge < -0.3 is 0 Å². The van der Waals surface area contributed by atoms with E-state index in [4.69, 9.17) is 0 Å². The van der Waals surface area contributed by atoms with E-state index in [-0.39, 0.29) is 5.82 Å². The third-order valence-corrected chi connectivity index (χ3v) is 2.83. The maximum absolute atomic E-state index is 12.7. The lowest BCUT2D eigenvalue weighted by Gasteiger charge is -2.02. The van der Waals surface area contributed by atoms with Crippen LogP contribution in [-0.4, -0.2) is 11.2 Å². The summed E-state index contributed by atoms with van der Waals surface area (Å²) in [4.78, 5) is 5.41. The van der Waals surface area contributed by atoms with E-state index in [1.54, 1.807) is 30.1 Å². The van der Waals surface area contributed by atoms with Crippen molar-refractivity contribution in [1.82, 2.24) is 4.98 Å². The van der Waals surface area contributed by atoms with Gasteiger partial charge in [-0.3, -0.25) is 4.98 Å². The van der Waals surface area contributed by atoms with Crippen molar-refractivity contribution in [2.75, 3.05) is 6.26 Å². The topological polar surface area (TPSA) is 12.9 Å². The van der Waals surface area contributed by atoms with Gasteiger partial charge >= 0.3 is 0 Å². The molecule has 15 heavy (non-hydrogen) atoms. The van der Waals surface area contributed by atoms with Crippen LogP contribution >= 0.6 is 11.8 Å². The zero-order valence-corrected chi connectivity index (χ0v) is 9.09. The smallest absolute Gasteiger partial charge is 0.123 e. The van der Waals surface area contributed by atoms with Crippen LogP contribution in [0.4, 0.5) is 4.39 Å². The van der Waals surface area contributed by atoms with Gasteiger partial charge in [-0.2, -0.15) is 0 Å². The summed E-state index contributed by atoms with van der Waals surface area (Å²) in [6.45, 7) is 0. The SMILES string of the molecule is CSc1ccnc(-c2ccc(F)cc2)c1. The van der Waals surface area contributed by atoms with E-state index in [1.165, 1.54) is 12.1 Å². The first kappa shape index (κ1) is 10.2. The number of thioether (sulfide) groups is 1. The Morgan fingerprint density at radius 1 is 1.13 bits per heavy atom. The Bertz CT molecular complexity index is 453. The predicted octanol–water partition coefficient (Wildman–Crippen LogP) is 3.61. The van der Waals surface area contributed by atoms with Gasteiger partial charge in [0.2, 0.25) is 0 Å². The van der Waals surface area contributed by atoms with Gasteiger partial charge in [0.15, 0.2) is 0 Å². The Kier molecular flexibility index (Phi) is 3.02. The minimum absolute atomic E-state index is 0.222. The van der Waals surface area contributed by atoms with Gasteiger partial charge in [-0.25, -0.2) is 4.39 Å². The lowest BCUT2D eigenvalue weighted by Crippen LogP contribution is -1.84. The third kappa shape index (κ3) is 2.36. The van der Waals surface area contributed by atoms with Crippen LogP contribution in [0.25, 0.3) is 11.3 Å². The van der Waals surface area contributed by atoms with Gasteiger partial charge in [0.25, 0.3) is 0 Å². The maximum Gasteiger partial charge on any atom is 0.123 e. The first-order valence-corrected chi connectivity index (χ1v) is 5.78. The number of pyridine rings is 1. The molecule has 2 aromatic rings. The summed E-state index contributed by atoms with van der Waals surface area (Å²) in [5, 5.41) is 0. The summed E-state index contributed by atoms with van der Waals surface area (Å²) in [5.74, 6) is -0.222. The molecule has 2 rings (SSSR count). The van der Waals surface area contributed by atoms with Crippen molar-refractivity contribution in [3.05, 3.63) is 48.4 Å². The molecule has 0 aliphatic carbocycles. The quantitative estimate of drug-likeness (QED) is 0.716. The molecule has 0 bridgehead atoms. The minimum atomic E-state index is -0.222. The summed E-state index contributed by atoms with van der Waals surface area (Å²) in [6, 6.07) is 10.3. The molecule has 0 spiro atoms. The number of benzene rings is 1. The molecule has 1 nitrogen and oxygen atoms in total. The highest BCUT2D eigenvalue weighted by atomic mass is 32.2. The predicted molar refractivity (Wildman–Crippen MR) is 61.4 cm³/mol. The zero-order valence-electron chi connectivity index (χ0n) is 8.27. The molecule has 1 aromatic heterocycles. The van der Waals surface area contributed by atoms with Crippen molar-refractivity contribution >= 4 is 11.8 Å². The summed E-state index contributed by atoms with van der Waals surface area (Å²) >= 11 is 1.67. The number of rotatable bonds is 2. The van der Waals surface area contributed by atoms with Crippen LogP contribution < -0.4 is 0 Å². The molecule has 0 atom stereocenters. The van der Waals surface area contributed by atoms with Gasteiger partial charge in [0.1, 0.15) is 5.82 Å². The van der Waals surface area contributed by atoms with Crippen molar-refractivity contribution in [2.24, 2.45) is 0 Å². The lowest BCUT2D eigenvalue weighted by atomic mass is 10.1. The number of hydrogen-bond donors (Lipinski definition) is 0. The van der Waals surface area contributed by atoms with Gasteiger partial charge in [0, 0.05) is 16.7 Å². The standard InChI is InChI=1S/C12H10FNS/c1-15-11-6-7-14-12(8-11)9-2-4-10(13)5-3-9/h2-8H,1H3. The average molecular weight is 219 g/mol. The second-order valence-electron chi connectivity index (χ2n) is 3.09. The van der Waals surface area contributed by atoms with E-state index >= 15 is 0 Å². The van der Waals surface area contributed by atoms with Crippen LogP contribution in [-0.2, 0) is 0 Å². The molecule has 0 saturated carbocycles. The first-order chi connectivity index (χ1) is 7.29. The Morgan fingerprint density at radius 2 is 1.87 bits per heavy atom. The highest BCUT2D eigenvalue weighted by molar-refractivity contribution is 7.98. The van der Waals surface area contributed by atoms with Gasteiger partial charge in [-0.15, -0.1) is 11.8 Å². The second-order valence-corrected chi connectivity index (χ2v) is 3.97. The van der Waals surface area contributed by atoms with Crippen LogP contribution in [0.2, 0.25) is 0 Å². The highest BCUT2D eigenvalue weighted by Crippen LogP contribution is 2.22. The van der Waals surface area contributed by atoms with Gasteiger partial charge in [-0.1, -0.05) is 0 Å². The largest absolute Gasteiger partial charge is 0.256 e. The third-order valence-electron chi connectivity index (χ3n) is 2.11. The minimum Gasteiger partial charge on any atom is -0.256 e. The Labute approximate surface area is 92.4 Å². The van der Waals surface area contributed by atoms with E-state index in [0.29, 0.717) is 0 Å². The fourth-order valence-electron chi connectivity index (χ4n) is 1.32. The Hall–Kier alpha value is -1.35. The normalized spacial score (nSPS) is 10.3. The van der Waals surface area contributed by atoms with Crippen molar-refractivity contribution < 1.29 is 4.39 Å². The molecule has 76 valence electrons. The molecule has 0 fully saturated rings. The molecular formula is C12H10FNS. The van der Waals surface area contributed by atoms with E-state index < -0.39 is 0 Å². The van der Waals surface area contributed by atoms with Crippen LogP contribution in [0.3, 0.4) is 0 Å². The molecule has 0 radical (unpaired) electrons. The fourth-order valence-corrected chi connectivity index (χ4v) is 1.74. The molecule has 0 amide bonds. The molecule has 0 N–H and O–H groups in total. The fraction of sp³-hybridized carbons (Fsp3) is 0.0833. The summed E-state index contributed by atoms with van der Waals surface area (Å²) < 4.78 is 12.7. The van der Waals surface area contributed by atoms with Gasteiger partial charge in [-0.05, 0) is 42.7 Å². The summed E-state index contributed by atoms with van der Waals surface area (Å²) in [6.07, 6.45) is 3.79. The molecule has 1 aromatic carbocycles. The monoisotopic (exact) mass is 219 g/mol. The van der Waals surface area contributed by atoms with E-state index in [0.717, 1.165) is 16.2 Å². The van der Waals surface area contributed by atoms with Crippen molar-refractivity contribution in [3.63, 3.8) is 0 Å². The van der Waals surface area contributed by atoms with Gasteiger partial charge in [0.05, 0.1) is 5.69 Å². The molecule has 0 saturated heterocycles. The molecule has 0 unspecified atom stereocenters. The summed E-state index contributed by atoms with van der Waals surface area (Å²) in [5.41, 5.74) is 1.81. The highest BCUT2D eigenvalue weighted by Gasteiger charge is 2.00. The number of aromatic nitrogens is 1. The van der Waals surface area contributed by atoms with Crippen molar-refractivity contribution in [1.29, 1.82) is 0 Å². The van der Waals surface area contributed by atoms with Crippen molar-refractivity contribution in [2.45, 2.75) is 4.90 Å². The molecule has 3 heteroatoms. The summed E-state index contributed by atoms with van der Waals surface area (Å²) in [7, 11) is 0. The van der Waals surface area contributed by atoms with Crippen LogP contribution in [0.1, 0.15) is 0 Å². The number of halogens is 1. The second kappa shape index (κ2) is 4.45. The zero-order chi connectivity index (χ0) is 10.7. The lowest BCUT2D eigenvalue weighted by molar-refractivity contribution is 0.628. The van der Waals surface area contributed by atoms with Crippen LogP contribution in [0.5, 0.6) is 0 Å². The van der Waals surface area contributed by atoms with E-state index in [2.05, 4.69) is 4.98 Å². The molecular weight excluding hydrogens is 209 g/mol. The average Bonchev–Trinajstić information content (AvgIpc) is 2.30. The van der Waals surface area contributed by atoms with Crippen LogP contribution in [0, 0.1) is 5.82 Å². The number of hydrogen-bond acceptors (Lipinski definition) is 2. The Morgan fingerprint density at radius 3 is 2.53 bits per heavy atom. The first-order valence-electron chi connectivity index (χ1n) is 4.55. The van der Waals surface area contributed by atoms with E-state index in [1.807, 2.05) is 18.4 Å². The Balaban J connectivity index is 2.40. The molecule has 1 heterocycles. The van der Waals surface area contributed by atoms with E-state index in [9.17, 15) is 4.39 Å². The van der Waals surface area contributed by atoms with Crippen LogP contribution in [0.15, 0.2) is 47.5 Å². The number of nitrogens with zero attached hydrogens (tertiary/aromatic N) is 1. The molecule has 0 aliphatic rings. The maximum atomic E-state index is 12.7. The molecule has 0 aliphatic heterocycles.